The Morgan fingerprint density at radius 3 is 2.45 bits per heavy atom. The second-order valence-corrected chi connectivity index (χ2v) is 9.61. The Bertz CT molecular complexity index is 622. The smallest absolute Gasteiger partial charge is 0.225 e. The van der Waals surface area contributed by atoms with Crippen molar-refractivity contribution in [3.63, 3.8) is 0 Å². The number of amides is 1. The minimum Gasteiger partial charge on any atom is -0.355 e. The first-order chi connectivity index (χ1) is 13.3. The lowest BCUT2D eigenvalue weighted by Gasteiger charge is -2.36. The quantitative estimate of drug-likeness (QED) is 0.217. The normalized spacial score (nSPS) is 17.3. The number of thiophene rings is 1. The van der Waals surface area contributed by atoms with Crippen LogP contribution in [0.15, 0.2) is 22.5 Å². The minimum atomic E-state index is -0.361. The summed E-state index contributed by atoms with van der Waals surface area (Å²) in [5.74, 6) is 1.66. The molecule has 3 N–H and O–H groups in total. The third-order valence-corrected chi connectivity index (χ3v) is 6.17. The molecule has 1 fully saturated rings. The molecule has 0 aromatic carbocycles. The number of hydrogen-bond acceptors (Lipinski definition) is 4. The predicted octanol–water partition coefficient (Wildman–Crippen LogP) is 3.47. The number of halogens is 1. The Kier molecular flexibility index (Phi) is 11.5. The fraction of sp³-hybridized carbons (Fsp3) is 0.714. The van der Waals surface area contributed by atoms with Crippen molar-refractivity contribution in [1.82, 2.24) is 20.9 Å². The van der Waals surface area contributed by atoms with Crippen LogP contribution in [0.2, 0.25) is 0 Å². The molecule has 1 aromatic heterocycles. The zero-order chi connectivity index (χ0) is 20.6. The van der Waals surface area contributed by atoms with E-state index in [2.05, 4.69) is 50.3 Å². The fourth-order valence-electron chi connectivity index (χ4n) is 3.27. The first-order valence-corrected chi connectivity index (χ1v) is 11.2. The highest BCUT2D eigenvalue weighted by atomic mass is 127. The van der Waals surface area contributed by atoms with Crippen LogP contribution in [0.3, 0.4) is 0 Å². The molecule has 2 rings (SSSR count). The molecule has 2 heterocycles. The van der Waals surface area contributed by atoms with E-state index in [0.717, 1.165) is 31.5 Å². The standard InChI is InChI=1S/C21H37N5OS.HI/c1-16-8-12-26(13-9-16)17(18-7-6-14-28-18)15-25-20(22-5)24-11-10-23-19(27)21(2,3)4;/h6-7,14,16-17H,8-13,15H2,1-5H3,(H,23,27)(H2,22,24,25);1H. The van der Waals surface area contributed by atoms with Gasteiger partial charge in [0.1, 0.15) is 0 Å². The number of nitrogens with one attached hydrogen (secondary N) is 3. The number of rotatable bonds is 7. The molecule has 1 aliphatic rings. The largest absolute Gasteiger partial charge is 0.355 e. The zero-order valence-electron chi connectivity index (χ0n) is 18.5. The highest BCUT2D eigenvalue weighted by Gasteiger charge is 2.25. The highest BCUT2D eigenvalue weighted by Crippen LogP contribution is 2.29. The molecule has 0 spiro atoms. The predicted molar refractivity (Wildman–Crippen MR) is 134 cm³/mol. The van der Waals surface area contributed by atoms with Gasteiger partial charge < -0.3 is 16.0 Å². The molecule has 8 heteroatoms. The van der Waals surface area contributed by atoms with E-state index < -0.39 is 0 Å². The van der Waals surface area contributed by atoms with Gasteiger partial charge in [0, 0.05) is 37.0 Å². The van der Waals surface area contributed by atoms with Crippen LogP contribution in [0, 0.1) is 11.3 Å². The number of carbonyl (C=O) groups excluding carboxylic acids is 1. The van der Waals surface area contributed by atoms with Crippen LogP contribution in [-0.4, -0.2) is 56.5 Å². The molecule has 6 nitrogen and oxygen atoms in total. The van der Waals surface area contributed by atoms with Crippen molar-refractivity contribution >= 4 is 47.2 Å². The van der Waals surface area contributed by atoms with E-state index in [0.29, 0.717) is 19.1 Å². The monoisotopic (exact) mass is 535 g/mol. The maximum atomic E-state index is 11.9. The zero-order valence-corrected chi connectivity index (χ0v) is 21.6. The maximum absolute atomic E-state index is 11.9. The van der Waals surface area contributed by atoms with Gasteiger partial charge in [0.2, 0.25) is 5.91 Å². The van der Waals surface area contributed by atoms with Crippen LogP contribution >= 0.6 is 35.3 Å². The lowest BCUT2D eigenvalue weighted by molar-refractivity contribution is -0.128. The van der Waals surface area contributed by atoms with Crippen molar-refractivity contribution in [3.8, 4) is 0 Å². The molecule has 1 aromatic rings. The molecule has 1 aliphatic heterocycles. The van der Waals surface area contributed by atoms with Crippen molar-refractivity contribution in [3.05, 3.63) is 22.4 Å². The van der Waals surface area contributed by atoms with E-state index in [4.69, 9.17) is 0 Å². The first kappa shape index (κ1) is 26.2. The van der Waals surface area contributed by atoms with Gasteiger partial charge in [-0.15, -0.1) is 35.3 Å². The summed E-state index contributed by atoms with van der Waals surface area (Å²) in [6, 6.07) is 4.73. The van der Waals surface area contributed by atoms with Gasteiger partial charge in [0.05, 0.1) is 6.04 Å². The summed E-state index contributed by atoms with van der Waals surface area (Å²) < 4.78 is 0. The second kappa shape index (κ2) is 12.7. The SMILES string of the molecule is CN=C(NCCNC(=O)C(C)(C)C)NCC(c1cccs1)N1CCC(C)CC1.I. The van der Waals surface area contributed by atoms with E-state index in [1.807, 2.05) is 32.1 Å². The van der Waals surface area contributed by atoms with Crippen LogP contribution in [0.4, 0.5) is 0 Å². The van der Waals surface area contributed by atoms with Gasteiger partial charge in [-0.25, -0.2) is 0 Å². The molecule has 166 valence electrons. The van der Waals surface area contributed by atoms with Gasteiger partial charge in [-0.1, -0.05) is 33.8 Å². The summed E-state index contributed by atoms with van der Waals surface area (Å²) in [5.41, 5.74) is -0.361. The molecular weight excluding hydrogens is 497 g/mol. The molecule has 0 aliphatic carbocycles. The van der Waals surface area contributed by atoms with Gasteiger partial charge in [-0.2, -0.15) is 0 Å². The Balaban J connectivity index is 0.00000420. The van der Waals surface area contributed by atoms with Crippen LogP contribution < -0.4 is 16.0 Å². The Morgan fingerprint density at radius 2 is 1.90 bits per heavy atom. The number of guanidine groups is 1. The van der Waals surface area contributed by atoms with Gasteiger partial charge in [-0.05, 0) is 43.3 Å². The minimum absolute atomic E-state index is 0. The van der Waals surface area contributed by atoms with Crippen LogP contribution in [0.1, 0.15) is 51.5 Å². The molecule has 0 bridgehead atoms. The molecule has 1 atom stereocenters. The lowest BCUT2D eigenvalue weighted by Crippen LogP contribution is -2.46. The summed E-state index contributed by atoms with van der Waals surface area (Å²) in [4.78, 5) is 20.3. The Morgan fingerprint density at radius 1 is 1.24 bits per heavy atom. The average molecular weight is 536 g/mol. The number of likely N-dealkylation sites (tertiary alicyclic amines) is 1. The maximum Gasteiger partial charge on any atom is 0.225 e. The number of carbonyl (C=O) groups is 1. The number of aliphatic imine (C=N–C) groups is 1. The van der Waals surface area contributed by atoms with Crippen LogP contribution in [0.5, 0.6) is 0 Å². The van der Waals surface area contributed by atoms with Gasteiger partial charge in [0.25, 0.3) is 0 Å². The Hall–Kier alpha value is -0.870. The fourth-order valence-corrected chi connectivity index (χ4v) is 4.13. The van der Waals surface area contributed by atoms with Crippen molar-refractivity contribution < 1.29 is 4.79 Å². The van der Waals surface area contributed by atoms with Crippen LogP contribution in [-0.2, 0) is 4.79 Å². The van der Waals surface area contributed by atoms with E-state index >= 15 is 0 Å². The van der Waals surface area contributed by atoms with E-state index in [9.17, 15) is 4.79 Å². The van der Waals surface area contributed by atoms with Crippen molar-refractivity contribution in [2.45, 2.75) is 46.6 Å². The topological polar surface area (TPSA) is 68.8 Å². The summed E-state index contributed by atoms with van der Waals surface area (Å²) in [6.45, 7) is 12.4. The van der Waals surface area contributed by atoms with Gasteiger partial charge in [0.15, 0.2) is 5.96 Å². The second-order valence-electron chi connectivity index (χ2n) is 8.64. The summed E-state index contributed by atoms with van der Waals surface area (Å²) in [6.07, 6.45) is 2.53. The number of piperidine rings is 1. The molecule has 0 saturated carbocycles. The molecule has 0 radical (unpaired) electrons. The molecule has 1 unspecified atom stereocenters. The average Bonchev–Trinajstić information content (AvgIpc) is 3.18. The highest BCUT2D eigenvalue weighted by molar-refractivity contribution is 14.0. The summed E-state index contributed by atoms with van der Waals surface area (Å²) >= 11 is 1.82. The molecule has 1 saturated heterocycles. The van der Waals surface area contributed by atoms with Crippen molar-refractivity contribution in [2.24, 2.45) is 16.3 Å². The summed E-state index contributed by atoms with van der Waals surface area (Å²) in [7, 11) is 1.78. The number of hydrogen-bond donors (Lipinski definition) is 3. The molecular formula is C21H38IN5OS. The van der Waals surface area contributed by atoms with Gasteiger partial charge >= 0.3 is 0 Å². The Labute approximate surface area is 197 Å². The van der Waals surface area contributed by atoms with E-state index in [1.165, 1.54) is 17.7 Å². The van der Waals surface area contributed by atoms with E-state index in [1.54, 1.807) is 7.05 Å². The molecule has 1 amide bonds. The van der Waals surface area contributed by atoms with Crippen LogP contribution in [0.25, 0.3) is 0 Å². The third-order valence-electron chi connectivity index (χ3n) is 5.20. The molecule has 29 heavy (non-hydrogen) atoms. The first-order valence-electron chi connectivity index (χ1n) is 10.3. The third kappa shape index (κ3) is 8.80. The lowest BCUT2D eigenvalue weighted by atomic mass is 9.96. The number of nitrogens with zero attached hydrogens (tertiary/aromatic N) is 2. The van der Waals surface area contributed by atoms with E-state index in [-0.39, 0.29) is 35.3 Å². The van der Waals surface area contributed by atoms with Gasteiger partial charge in [-0.3, -0.25) is 14.7 Å². The van der Waals surface area contributed by atoms with Crippen molar-refractivity contribution in [2.75, 3.05) is 39.8 Å². The summed E-state index contributed by atoms with van der Waals surface area (Å²) in [5, 5.41) is 11.9. The van der Waals surface area contributed by atoms with Crippen molar-refractivity contribution in [1.29, 1.82) is 0 Å².